The van der Waals surface area contributed by atoms with Gasteiger partial charge in [0.25, 0.3) is 5.82 Å². The summed E-state index contributed by atoms with van der Waals surface area (Å²) in [5.41, 5.74) is 3.45. The number of hydrogen-bond donors (Lipinski definition) is 0. The Kier molecular flexibility index (Phi) is 4.93. The van der Waals surface area contributed by atoms with E-state index in [-0.39, 0.29) is 18.2 Å². The highest BCUT2D eigenvalue weighted by Gasteiger charge is 2.28. The van der Waals surface area contributed by atoms with Crippen LogP contribution in [0, 0.1) is 5.82 Å². The molecule has 0 saturated heterocycles. The van der Waals surface area contributed by atoms with Crippen molar-refractivity contribution in [2.24, 2.45) is 0 Å². The molecule has 2 nitrogen and oxygen atoms in total. The lowest BCUT2D eigenvalue weighted by atomic mass is 10.1. The Balaban J connectivity index is 0.00000169. The molecule has 24 heavy (non-hydrogen) atoms. The number of fused-ring (bicyclic) bond motifs is 1. The molecule has 1 aliphatic heterocycles. The molecule has 0 saturated carbocycles. The van der Waals surface area contributed by atoms with Gasteiger partial charge in [0.2, 0.25) is 0 Å². The van der Waals surface area contributed by atoms with Crippen molar-refractivity contribution in [2.75, 3.05) is 0 Å². The Labute approximate surface area is 151 Å². The molecular weight excluding hydrogens is 346 g/mol. The molecule has 0 unspecified atom stereocenters. The fourth-order valence-corrected chi connectivity index (χ4v) is 3.41. The minimum absolute atomic E-state index is 0. The molecule has 0 atom stereocenters. The standard InChI is InChI=1S/C19H17ClFN2.ClH/c20-16-7-3-14(4-8-16)12-22-13-18(23-11-1-2-19(22)23)15-5-9-17(21)10-6-15;/h3-10,13H,1-2,11-12H2;1H/q+1;/p-1. The van der Waals surface area contributed by atoms with E-state index in [2.05, 4.69) is 27.5 Å². The molecule has 3 aromatic rings. The van der Waals surface area contributed by atoms with Gasteiger partial charge in [-0.25, -0.2) is 13.5 Å². The van der Waals surface area contributed by atoms with E-state index in [1.165, 1.54) is 23.5 Å². The lowest BCUT2D eigenvalue weighted by molar-refractivity contribution is -0.694. The van der Waals surface area contributed by atoms with E-state index in [4.69, 9.17) is 11.6 Å². The third-order valence-corrected chi connectivity index (χ3v) is 4.65. The monoisotopic (exact) mass is 362 g/mol. The van der Waals surface area contributed by atoms with Crippen LogP contribution in [0.25, 0.3) is 11.3 Å². The quantitative estimate of drug-likeness (QED) is 0.619. The van der Waals surface area contributed by atoms with Crippen LogP contribution in [0.3, 0.4) is 0 Å². The maximum Gasteiger partial charge on any atom is 0.257 e. The Morgan fingerprint density at radius 3 is 2.46 bits per heavy atom. The molecule has 0 spiro atoms. The van der Waals surface area contributed by atoms with Crippen molar-refractivity contribution in [3.63, 3.8) is 0 Å². The van der Waals surface area contributed by atoms with Crippen LogP contribution in [-0.4, -0.2) is 4.57 Å². The molecule has 1 aliphatic rings. The fraction of sp³-hybridized carbons (Fsp3) is 0.211. The van der Waals surface area contributed by atoms with Crippen LogP contribution in [0.15, 0.2) is 54.7 Å². The van der Waals surface area contributed by atoms with Gasteiger partial charge in [0.1, 0.15) is 18.6 Å². The van der Waals surface area contributed by atoms with E-state index in [0.29, 0.717) is 0 Å². The summed E-state index contributed by atoms with van der Waals surface area (Å²) < 4.78 is 17.8. The summed E-state index contributed by atoms with van der Waals surface area (Å²) in [6.45, 7) is 1.85. The van der Waals surface area contributed by atoms with Gasteiger partial charge in [-0.15, -0.1) is 0 Å². The van der Waals surface area contributed by atoms with Crippen LogP contribution >= 0.6 is 11.6 Å². The van der Waals surface area contributed by atoms with Crippen LogP contribution in [0.2, 0.25) is 5.02 Å². The van der Waals surface area contributed by atoms with Gasteiger partial charge in [-0.3, -0.25) is 0 Å². The minimum Gasteiger partial charge on any atom is -1.00 e. The topological polar surface area (TPSA) is 8.81 Å². The van der Waals surface area contributed by atoms with Gasteiger partial charge >= 0.3 is 0 Å². The van der Waals surface area contributed by atoms with Gasteiger partial charge in [-0.1, -0.05) is 23.7 Å². The molecule has 124 valence electrons. The van der Waals surface area contributed by atoms with Gasteiger partial charge in [-0.05, 0) is 48.4 Å². The van der Waals surface area contributed by atoms with Crippen molar-refractivity contribution in [3.8, 4) is 11.3 Å². The van der Waals surface area contributed by atoms with Crippen LogP contribution < -0.4 is 17.0 Å². The number of benzene rings is 2. The molecule has 0 radical (unpaired) electrons. The fourth-order valence-electron chi connectivity index (χ4n) is 3.28. The molecule has 0 N–H and O–H groups in total. The largest absolute Gasteiger partial charge is 1.00 e. The van der Waals surface area contributed by atoms with E-state index in [1.807, 2.05) is 24.3 Å². The van der Waals surface area contributed by atoms with Crippen molar-refractivity contribution < 1.29 is 21.4 Å². The Bertz CT molecular complexity index is 839. The van der Waals surface area contributed by atoms with Gasteiger partial charge in [0.05, 0.1) is 13.0 Å². The molecule has 2 heterocycles. The lowest BCUT2D eigenvalue weighted by Crippen LogP contribution is -3.00. The Morgan fingerprint density at radius 1 is 1.04 bits per heavy atom. The normalized spacial score (nSPS) is 12.8. The van der Waals surface area contributed by atoms with Crippen molar-refractivity contribution in [1.82, 2.24) is 4.57 Å². The predicted molar refractivity (Wildman–Crippen MR) is 88.9 cm³/mol. The average Bonchev–Trinajstić information content (AvgIpc) is 3.14. The first-order chi connectivity index (χ1) is 11.2. The minimum atomic E-state index is -0.198. The van der Waals surface area contributed by atoms with Crippen LogP contribution in [-0.2, 0) is 19.5 Å². The number of nitrogens with zero attached hydrogens (tertiary/aromatic N) is 2. The number of aromatic nitrogens is 2. The van der Waals surface area contributed by atoms with Crippen LogP contribution in [0.5, 0.6) is 0 Å². The van der Waals surface area contributed by atoms with E-state index < -0.39 is 0 Å². The Hall–Kier alpha value is -1.84. The zero-order valence-electron chi connectivity index (χ0n) is 13.1. The molecule has 4 rings (SSSR count). The number of halogens is 3. The zero-order valence-corrected chi connectivity index (χ0v) is 14.6. The van der Waals surface area contributed by atoms with Crippen molar-refractivity contribution in [3.05, 3.63) is 77.0 Å². The average molecular weight is 363 g/mol. The molecule has 0 fully saturated rings. The predicted octanol–water partition coefficient (Wildman–Crippen LogP) is 1.23. The maximum atomic E-state index is 13.2. The second-order valence-electron chi connectivity index (χ2n) is 5.95. The summed E-state index contributed by atoms with van der Waals surface area (Å²) in [5.74, 6) is 1.13. The summed E-state index contributed by atoms with van der Waals surface area (Å²) in [7, 11) is 0. The maximum absolute atomic E-state index is 13.2. The molecule has 5 heteroatoms. The first-order valence-electron chi connectivity index (χ1n) is 7.83. The van der Waals surface area contributed by atoms with E-state index in [0.717, 1.165) is 42.2 Å². The zero-order chi connectivity index (χ0) is 15.8. The number of imidazole rings is 1. The molecule has 0 amide bonds. The molecule has 2 aromatic carbocycles. The van der Waals surface area contributed by atoms with Gasteiger partial charge in [0, 0.05) is 10.6 Å². The first-order valence-corrected chi connectivity index (χ1v) is 8.21. The SMILES string of the molecule is Fc1ccc(-c2c[n+](Cc3ccc(Cl)cc3)c3n2CCC3)cc1.[Cl-]. The highest BCUT2D eigenvalue weighted by atomic mass is 35.5. The Morgan fingerprint density at radius 2 is 1.75 bits per heavy atom. The van der Waals surface area contributed by atoms with Gasteiger partial charge in [-0.2, -0.15) is 0 Å². The van der Waals surface area contributed by atoms with Gasteiger partial charge in [0.15, 0.2) is 5.69 Å². The van der Waals surface area contributed by atoms with E-state index >= 15 is 0 Å². The molecule has 0 aliphatic carbocycles. The number of rotatable bonds is 3. The summed E-state index contributed by atoms with van der Waals surface area (Å²) in [6.07, 6.45) is 4.41. The summed E-state index contributed by atoms with van der Waals surface area (Å²) in [5, 5.41) is 0.757. The molecule has 1 aromatic heterocycles. The highest BCUT2D eigenvalue weighted by Crippen LogP contribution is 2.25. The molecular formula is C19H17Cl2FN2. The van der Waals surface area contributed by atoms with Crippen molar-refractivity contribution in [1.29, 1.82) is 0 Å². The highest BCUT2D eigenvalue weighted by molar-refractivity contribution is 6.30. The van der Waals surface area contributed by atoms with Crippen molar-refractivity contribution >= 4 is 11.6 Å². The van der Waals surface area contributed by atoms with Crippen LogP contribution in [0.4, 0.5) is 4.39 Å². The van der Waals surface area contributed by atoms with E-state index in [1.54, 1.807) is 0 Å². The van der Waals surface area contributed by atoms with Crippen molar-refractivity contribution in [2.45, 2.75) is 25.9 Å². The number of hydrogen-bond acceptors (Lipinski definition) is 0. The lowest BCUT2D eigenvalue weighted by Gasteiger charge is -2.00. The van der Waals surface area contributed by atoms with Crippen LogP contribution in [0.1, 0.15) is 17.8 Å². The third-order valence-electron chi connectivity index (χ3n) is 4.40. The van der Waals surface area contributed by atoms with Gasteiger partial charge < -0.3 is 12.4 Å². The second kappa shape index (κ2) is 6.96. The third kappa shape index (κ3) is 3.19. The smallest absolute Gasteiger partial charge is 0.257 e. The summed E-state index contributed by atoms with van der Waals surface area (Å²) >= 11 is 5.96. The molecule has 0 bridgehead atoms. The summed E-state index contributed by atoms with van der Waals surface area (Å²) in [6, 6.07) is 14.7. The van der Waals surface area contributed by atoms with E-state index in [9.17, 15) is 4.39 Å². The summed E-state index contributed by atoms with van der Waals surface area (Å²) in [4.78, 5) is 0. The first kappa shape index (κ1) is 17.0. The second-order valence-corrected chi connectivity index (χ2v) is 6.38.